The first kappa shape index (κ1) is 13.0. The summed E-state index contributed by atoms with van der Waals surface area (Å²) in [6, 6.07) is 8.83. The van der Waals surface area contributed by atoms with Gasteiger partial charge in [-0.2, -0.15) is 5.26 Å². The Labute approximate surface area is 108 Å². The van der Waals surface area contributed by atoms with Crippen molar-refractivity contribution in [2.45, 2.75) is 6.54 Å². The smallest absolute Gasteiger partial charge is 0.149 e. The lowest BCUT2D eigenvalue weighted by molar-refractivity contribution is 0.585. The maximum Gasteiger partial charge on any atom is 0.149 e. The van der Waals surface area contributed by atoms with Gasteiger partial charge in [0, 0.05) is 12.6 Å². The monoisotopic (exact) mass is 262 g/mol. The molecule has 2 aromatic rings. The number of hydrogen-bond acceptors (Lipinski definition) is 2. The molecule has 2 aromatic carbocycles. The van der Waals surface area contributed by atoms with Crippen LogP contribution in [0.3, 0.4) is 0 Å². The molecule has 0 saturated carbocycles. The Bertz CT molecular complexity index is 648. The third kappa shape index (κ3) is 3.26. The molecule has 0 heterocycles. The lowest BCUT2D eigenvalue weighted by atomic mass is 10.1. The van der Waals surface area contributed by atoms with Crippen LogP contribution in [0.5, 0.6) is 0 Å². The standard InChI is InChI=1S/C14H9F3N2/c15-11-1-2-14(13(17)6-11)19-8-10-3-9(7-18)4-12(16)5-10/h1-6,19H,8H2. The SMILES string of the molecule is N#Cc1cc(F)cc(CNc2ccc(F)cc2F)c1. The van der Waals surface area contributed by atoms with Crippen LogP contribution in [0.25, 0.3) is 0 Å². The van der Waals surface area contributed by atoms with E-state index in [1.54, 1.807) is 0 Å². The number of benzene rings is 2. The molecule has 0 fully saturated rings. The molecule has 96 valence electrons. The van der Waals surface area contributed by atoms with Gasteiger partial charge in [0.25, 0.3) is 0 Å². The van der Waals surface area contributed by atoms with Gasteiger partial charge < -0.3 is 5.32 Å². The Balaban J connectivity index is 2.14. The van der Waals surface area contributed by atoms with E-state index in [1.807, 2.05) is 6.07 Å². The average Bonchev–Trinajstić information content (AvgIpc) is 2.37. The van der Waals surface area contributed by atoms with Crippen molar-refractivity contribution < 1.29 is 13.2 Å². The molecule has 19 heavy (non-hydrogen) atoms. The third-order valence-electron chi connectivity index (χ3n) is 2.50. The lowest BCUT2D eigenvalue weighted by Crippen LogP contribution is -2.02. The third-order valence-corrected chi connectivity index (χ3v) is 2.50. The van der Waals surface area contributed by atoms with Gasteiger partial charge in [-0.3, -0.25) is 0 Å². The first-order valence-electron chi connectivity index (χ1n) is 5.47. The van der Waals surface area contributed by atoms with Crippen LogP contribution in [0, 0.1) is 28.8 Å². The van der Waals surface area contributed by atoms with E-state index in [0.29, 0.717) is 5.56 Å². The molecule has 2 rings (SSSR count). The van der Waals surface area contributed by atoms with Gasteiger partial charge in [0.15, 0.2) is 0 Å². The van der Waals surface area contributed by atoms with Crippen molar-refractivity contribution in [3.63, 3.8) is 0 Å². The number of halogens is 3. The molecule has 1 N–H and O–H groups in total. The minimum absolute atomic E-state index is 0.115. The second-order valence-electron chi connectivity index (χ2n) is 3.94. The summed E-state index contributed by atoms with van der Waals surface area (Å²) in [6.07, 6.45) is 0. The van der Waals surface area contributed by atoms with Crippen LogP contribution in [0.4, 0.5) is 18.9 Å². The summed E-state index contributed by atoms with van der Waals surface area (Å²) in [5, 5.41) is 11.4. The number of hydrogen-bond donors (Lipinski definition) is 1. The van der Waals surface area contributed by atoms with Crippen molar-refractivity contribution in [3.05, 3.63) is 65.0 Å². The number of nitrogens with one attached hydrogen (secondary N) is 1. The Morgan fingerprint density at radius 3 is 2.47 bits per heavy atom. The summed E-state index contributed by atoms with van der Waals surface area (Å²) in [6.45, 7) is 0.134. The molecule has 5 heteroatoms. The molecule has 0 aromatic heterocycles. The number of rotatable bonds is 3. The summed E-state index contributed by atoms with van der Waals surface area (Å²) in [5.74, 6) is -1.92. The highest BCUT2D eigenvalue weighted by molar-refractivity contribution is 5.45. The largest absolute Gasteiger partial charge is 0.379 e. The van der Waals surface area contributed by atoms with Crippen LogP contribution in [-0.2, 0) is 6.54 Å². The summed E-state index contributed by atoms with van der Waals surface area (Å²) >= 11 is 0. The highest BCUT2D eigenvalue weighted by atomic mass is 19.1. The maximum absolute atomic E-state index is 13.3. The molecule has 0 amide bonds. The molecule has 0 aliphatic carbocycles. The highest BCUT2D eigenvalue weighted by Gasteiger charge is 2.05. The summed E-state index contributed by atoms with van der Waals surface area (Å²) in [7, 11) is 0. The van der Waals surface area contributed by atoms with Crippen LogP contribution in [0.1, 0.15) is 11.1 Å². The van der Waals surface area contributed by atoms with Gasteiger partial charge in [0.2, 0.25) is 0 Å². The van der Waals surface area contributed by atoms with E-state index >= 15 is 0 Å². The quantitative estimate of drug-likeness (QED) is 0.917. The maximum atomic E-state index is 13.3. The fraction of sp³-hybridized carbons (Fsp3) is 0.0714. The Morgan fingerprint density at radius 1 is 1.00 bits per heavy atom. The molecule has 0 unspecified atom stereocenters. The second-order valence-corrected chi connectivity index (χ2v) is 3.94. The molecule has 0 spiro atoms. The fourth-order valence-electron chi connectivity index (χ4n) is 1.65. The van der Waals surface area contributed by atoms with Crippen LogP contribution in [0.2, 0.25) is 0 Å². The molecule has 2 nitrogen and oxygen atoms in total. The molecule has 0 aliphatic rings. The summed E-state index contributed by atoms with van der Waals surface area (Å²) in [4.78, 5) is 0. The Morgan fingerprint density at radius 2 is 1.79 bits per heavy atom. The van der Waals surface area contributed by atoms with Gasteiger partial charge in [-0.1, -0.05) is 0 Å². The number of anilines is 1. The predicted octanol–water partition coefficient (Wildman–Crippen LogP) is 3.59. The van der Waals surface area contributed by atoms with E-state index in [0.717, 1.165) is 18.2 Å². The zero-order valence-corrected chi connectivity index (χ0v) is 9.75. The van der Waals surface area contributed by atoms with Gasteiger partial charge >= 0.3 is 0 Å². The molecule has 0 aliphatic heterocycles. The normalized spacial score (nSPS) is 10.0. The molecule has 0 saturated heterocycles. The Hall–Kier alpha value is -2.48. The summed E-state index contributed by atoms with van der Waals surface area (Å²) in [5.41, 5.74) is 0.806. The fourth-order valence-corrected chi connectivity index (χ4v) is 1.65. The van der Waals surface area contributed by atoms with Crippen molar-refractivity contribution in [2.75, 3.05) is 5.32 Å². The molecular weight excluding hydrogens is 253 g/mol. The van der Waals surface area contributed by atoms with Crippen LogP contribution in [0.15, 0.2) is 36.4 Å². The number of nitrogens with zero attached hydrogens (tertiary/aromatic N) is 1. The zero-order valence-electron chi connectivity index (χ0n) is 9.75. The van der Waals surface area contributed by atoms with Gasteiger partial charge in [-0.05, 0) is 35.9 Å². The molecular formula is C14H9F3N2. The van der Waals surface area contributed by atoms with Gasteiger partial charge in [-0.25, -0.2) is 13.2 Å². The van der Waals surface area contributed by atoms with E-state index in [9.17, 15) is 13.2 Å². The zero-order chi connectivity index (χ0) is 13.8. The molecule has 0 atom stereocenters. The van der Waals surface area contributed by atoms with Gasteiger partial charge in [0.1, 0.15) is 17.5 Å². The second kappa shape index (κ2) is 5.44. The molecule has 0 bridgehead atoms. The van der Waals surface area contributed by atoms with E-state index in [4.69, 9.17) is 5.26 Å². The van der Waals surface area contributed by atoms with Crippen LogP contribution >= 0.6 is 0 Å². The van der Waals surface area contributed by atoms with E-state index in [-0.39, 0.29) is 17.8 Å². The summed E-state index contributed by atoms with van der Waals surface area (Å²) < 4.78 is 39.2. The van der Waals surface area contributed by atoms with Gasteiger partial charge in [0.05, 0.1) is 17.3 Å². The average molecular weight is 262 g/mol. The van der Waals surface area contributed by atoms with Crippen molar-refractivity contribution >= 4 is 5.69 Å². The minimum Gasteiger partial charge on any atom is -0.379 e. The minimum atomic E-state index is -0.725. The van der Waals surface area contributed by atoms with Crippen molar-refractivity contribution in [1.82, 2.24) is 0 Å². The van der Waals surface area contributed by atoms with Crippen molar-refractivity contribution in [1.29, 1.82) is 5.26 Å². The topological polar surface area (TPSA) is 35.8 Å². The predicted molar refractivity (Wildman–Crippen MR) is 64.8 cm³/mol. The van der Waals surface area contributed by atoms with Gasteiger partial charge in [-0.15, -0.1) is 0 Å². The van der Waals surface area contributed by atoms with Crippen LogP contribution < -0.4 is 5.32 Å². The van der Waals surface area contributed by atoms with E-state index in [2.05, 4.69) is 5.32 Å². The van der Waals surface area contributed by atoms with Crippen LogP contribution in [-0.4, -0.2) is 0 Å². The first-order valence-corrected chi connectivity index (χ1v) is 5.47. The van der Waals surface area contributed by atoms with E-state index < -0.39 is 17.5 Å². The van der Waals surface area contributed by atoms with Crippen molar-refractivity contribution in [2.24, 2.45) is 0 Å². The van der Waals surface area contributed by atoms with E-state index in [1.165, 1.54) is 18.2 Å². The van der Waals surface area contributed by atoms with Crippen molar-refractivity contribution in [3.8, 4) is 6.07 Å². The highest BCUT2D eigenvalue weighted by Crippen LogP contribution is 2.17. The number of nitriles is 1. The lowest BCUT2D eigenvalue weighted by Gasteiger charge is -2.08. The first-order chi connectivity index (χ1) is 9.08. The molecule has 0 radical (unpaired) electrons. The Kier molecular flexibility index (Phi) is 3.71.